The van der Waals surface area contributed by atoms with Crippen LogP contribution in [0.4, 0.5) is 8.78 Å². The van der Waals surface area contributed by atoms with Crippen LogP contribution in [0.25, 0.3) is 0 Å². The van der Waals surface area contributed by atoms with Crippen LogP contribution in [-0.2, 0) is 11.2 Å². The third kappa shape index (κ3) is 2.84. The van der Waals surface area contributed by atoms with Crippen molar-refractivity contribution in [3.8, 4) is 6.07 Å². The quantitative estimate of drug-likeness (QED) is 0.814. The van der Waals surface area contributed by atoms with Gasteiger partial charge in [0.2, 0.25) is 0 Å². The van der Waals surface area contributed by atoms with Crippen molar-refractivity contribution in [3.63, 3.8) is 0 Å². The van der Waals surface area contributed by atoms with Gasteiger partial charge in [0, 0.05) is 11.1 Å². The molecule has 4 nitrogen and oxygen atoms in total. The van der Waals surface area contributed by atoms with E-state index in [2.05, 4.69) is 0 Å². The van der Waals surface area contributed by atoms with Crippen LogP contribution in [0.3, 0.4) is 0 Å². The number of aldehydes is 1. The van der Waals surface area contributed by atoms with Crippen LogP contribution < -0.4 is 0 Å². The summed E-state index contributed by atoms with van der Waals surface area (Å²) < 4.78 is 25.0. The molecule has 0 atom stereocenters. The number of alkyl halides is 2. The highest BCUT2D eigenvalue weighted by molar-refractivity contribution is 5.82. The van der Waals surface area contributed by atoms with E-state index in [-0.39, 0.29) is 23.0 Å². The Morgan fingerprint density at radius 2 is 2.18 bits per heavy atom. The summed E-state index contributed by atoms with van der Waals surface area (Å²) in [6.07, 6.45) is -3.14. The first-order valence-corrected chi connectivity index (χ1v) is 4.51. The van der Waals surface area contributed by atoms with Gasteiger partial charge < -0.3 is 5.11 Å². The molecule has 0 aliphatic rings. The molecule has 0 amide bonds. The summed E-state index contributed by atoms with van der Waals surface area (Å²) in [5.41, 5.74) is -0.949. The van der Waals surface area contributed by atoms with Gasteiger partial charge in [-0.15, -0.1) is 0 Å². The maximum Gasteiger partial charge on any atom is 0.307 e. The van der Waals surface area contributed by atoms with E-state index < -0.39 is 24.4 Å². The molecule has 0 aliphatic carbocycles. The van der Waals surface area contributed by atoms with Crippen LogP contribution in [0.1, 0.15) is 33.5 Å². The first-order chi connectivity index (χ1) is 7.99. The molecule has 1 aromatic carbocycles. The van der Waals surface area contributed by atoms with Gasteiger partial charge in [-0.1, -0.05) is 0 Å². The van der Waals surface area contributed by atoms with Crippen LogP contribution in [-0.4, -0.2) is 17.4 Å². The highest BCUT2D eigenvalue weighted by Crippen LogP contribution is 2.24. The van der Waals surface area contributed by atoms with E-state index in [0.717, 1.165) is 12.1 Å². The average Bonchev–Trinajstić information content (AvgIpc) is 2.26. The molecule has 0 heterocycles. The lowest BCUT2D eigenvalue weighted by atomic mass is 9.97. The van der Waals surface area contributed by atoms with Crippen LogP contribution in [0.15, 0.2) is 12.1 Å². The van der Waals surface area contributed by atoms with Crippen molar-refractivity contribution in [1.82, 2.24) is 0 Å². The third-order valence-corrected chi connectivity index (χ3v) is 2.11. The Morgan fingerprint density at radius 1 is 1.53 bits per heavy atom. The molecule has 0 saturated carbocycles. The average molecular weight is 239 g/mol. The lowest BCUT2D eigenvalue weighted by molar-refractivity contribution is -0.136. The maximum absolute atomic E-state index is 12.5. The van der Waals surface area contributed by atoms with Gasteiger partial charge in [0.25, 0.3) is 6.43 Å². The number of nitrogens with zero attached hydrogens (tertiary/aromatic N) is 1. The number of rotatable bonds is 4. The molecule has 0 fully saturated rings. The molecule has 1 rings (SSSR count). The van der Waals surface area contributed by atoms with Gasteiger partial charge in [-0.3, -0.25) is 9.59 Å². The predicted octanol–water partition coefficient (Wildman–Crippen LogP) is 1.94. The molecule has 1 aromatic rings. The zero-order chi connectivity index (χ0) is 13.0. The summed E-state index contributed by atoms with van der Waals surface area (Å²) >= 11 is 0. The molecule has 88 valence electrons. The minimum Gasteiger partial charge on any atom is -0.481 e. The number of carboxylic acids is 1. The van der Waals surface area contributed by atoms with E-state index in [4.69, 9.17) is 10.4 Å². The predicted molar refractivity (Wildman–Crippen MR) is 52.8 cm³/mol. The third-order valence-electron chi connectivity index (χ3n) is 2.11. The Morgan fingerprint density at radius 3 is 2.59 bits per heavy atom. The van der Waals surface area contributed by atoms with Crippen molar-refractivity contribution in [1.29, 1.82) is 5.26 Å². The molecule has 6 heteroatoms. The molecule has 1 N–H and O–H groups in total. The largest absolute Gasteiger partial charge is 0.481 e. The molecule has 0 spiro atoms. The Labute approximate surface area is 95.1 Å². The highest BCUT2D eigenvalue weighted by atomic mass is 19.3. The van der Waals surface area contributed by atoms with Crippen LogP contribution >= 0.6 is 0 Å². The molecule has 0 radical (unpaired) electrons. The summed E-state index contributed by atoms with van der Waals surface area (Å²) in [5.74, 6) is -1.26. The van der Waals surface area contributed by atoms with Gasteiger partial charge in [0.15, 0.2) is 6.29 Å². The zero-order valence-electron chi connectivity index (χ0n) is 8.48. The number of carbonyl (C=O) groups is 2. The Balaban J connectivity index is 3.43. The Bertz CT molecular complexity index is 506. The van der Waals surface area contributed by atoms with Crippen LogP contribution in [0.5, 0.6) is 0 Å². The van der Waals surface area contributed by atoms with Crippen molar-refractivity contribution in [2.75, 3.05) is 0 Å². The number of halogens is 2. The van der Waals surface area contributed by atoms with E-state index >= 15 is 0 Å². The van der Waals surface area contributed by atoms with Gasteiger partial charge in [0.1, 0.15) is 6.07 Å². The van der Waals surface area contributed by atoms with Crippen LogP contribution in [0, 0.1) is 11.3 Å². The number of carboxylic acid groups (broad SMARTS) is 1. The van der Waals surface area contributed by atoms with Crippen molar-refractivity contribution in [3.05, 3.63) is 34.4 Å². The number of hydrogen-bond acceptors (Lipinski definition) is 3. The molecule has 0 saturated heterocycles. The zero-order valence-corrected chi connectivity index (χ0v) is 8.48. The topological polar surface area (TPSA) is 78.2 Å². The highest BCUT2D eigenvalue weighted by Gasteiger charge is 2.16. The van der Waals surface area contributed by atoms with E-state index in [1.165, 1.54) is 0 Å². The monoisotopic (exact) mass is 239 g/mol. The minimum atomic E-state index is -2.83. The number of aliphatic carboxylic acids is 1. The maximum atomic E-state index is 12.5. The van der Waals surface area contributed by atoms with E-state index in [1.54, 1.807) is 6.07 Å². The summed E-state index contributed by atoms with van der Waals surface area (Å²) in [5, 5.41) is 17.4. The summed E-state index contributed by atoms with van der Waals surface area (Å²) in [7, 11) is 0. The summed E-state index contributed by atoms with van der Waals surface area (Å²) in [6.45, 7) is 0. The van der Waals surface area contributed by atoms with Crippen molar-refractivity contribution >= 4 is 12.3 Å². The molecule has 0 unspecified atom stereocenters. The standard InChI is InChI=1S/C11H7F2NO3/c12-11(13)7-1-6(3-10(16)17)9(4-14)8(2-7)5-15/h1-2,5,11H,3H2,(H,16,17). The molecular formula is C11H7F2NO3. The summed E-state index contributed by atoms with van der Waals surface area (Å²) in [6, 6.07) is 3.47. The number of benzene rings is 1. The lowest BCUT2D eigenvalue weighted by Crippen LogP contribution is -2.06. The van der Waals surface area contributed by atoms with Gasteiger partial charge in [-0.2, -0.15) is 5.26 Å². The van der Waals surface area contributed by atoms with E-state index in [0.29, 0.717) is 0 Å². The van der Waals surface area contributed by atoms with Gasteiger partial charge in [-0.25, -0.2) is 8.78 Å². The first-order valence-electron chi connectivity index (χ1n) is 4.51. The number of nitriles is 1. The molecule has 0 bridgehead atoms. The molecule has 0 aromatic heterocycles. The Hall–Kier alpha value is -2.29. The minimum absolute atomic E-state index is 0.0834. The fourth-order valence-corrected chi connectivity index (χ4v) is 1.41. The van der Waals surface area contributed by atoms with Gasteiger partial charge in [0.05, 0.1) is 12.0 Å². The Kier molecular flexibility index (Phi) is 3.88. The number of carbonyl (C=O) groups excluding carboxylic acids is 1. The van der Waals surface area contributed by atoms with Gasteiger partial charge >= 0.3 is 5.97 Å². The normalized spacial score (nSPS) is 10.0. The second-order valence-corrected chi connectivity index (χ2v) is 3.25. The molecular weight excluding hydrogens is 232 g/mol. The molecule has 0 aliphatic heterocycles. The first kappa shape index (κ1) is 12.8. The van der Waals surface area contributed by atoms with Crippen molar-refractivity contribution in [2.45, 2.75) is 12.8 Å². The van der Waals surface area contributed by atoms with Crippen LogP contribution in [0.2, 0.25) is 0 Å². The second-order valence-electron chi connectivity index (χ2n) is 3.25. The van der Waals surface area contributed by atoms with E-state index in [1.807, 2.05) is 0 Å². The lowest BCUT2D eigenvalue weighted by Gasteiger charge is -2.07. The fourth-order valence-electron chi connectivity index (χ4n) is 1.41. The van der Waals surface area contributed by atoms with Crippen molar-refractivity contribution < 1.29 is 23.5 Å². The van der Waals surface area contributed by atoms with Gasteiger partial charge in [-0.05, 0) is 17.7 Å². The van der Waals surface area contributed by atoms with E-state index in [9.17, 15) is 18.4 Å². The SMILES string of the molecule is N#Cc1c(C=O)cc(C(F)F)cc1CC(=O)O. The fraction of sp³-hybridized carbons (Fsp3) is 0.182. The molecule has 17 heavy (non-hydrogen) atoms. The smallest absolute Gasteiger partial charge is 0.307 e. The second kappa shape index (κ2) is 5.16. The number of hydrogen-bond donors (Lipinski definition) is 1. The summed E-state index contributed by atoms with van der Waals surface area (Å²) in [4.78, 5) is 21.2. The van der Waals surface area contributed by atoms with Crippen molar-refractivity contribution in [2.24, 2.45) is 0 Å².